The molecule has 0 aliphatic rings. The van der Waals surface area contributed by atoms with Crippen LogP contribution < -0.4 is 5.32 Å². The molecule has 7 heteroatoms. The van der Waals surface area contributed by atoms with Crippen LogP contribution in [0.2, 0.25) is 0 Å². The Kier molecular flexibility index (Phi) is 4.77. The molecule has 0 radical (unpaired) electrons. The number of carbonyl (C=O) groups excluding carboxylic acids is 1. The number of amides is 2. The van der Waals surface area contributed by atoms with Crippen molar-refractivity contribution in [2.75, 3.05) is 18.9 Å². The monoisotopic (exact) mass is 302 g/mol. The van der Waals surface area contributed by atoms with Gasteiger partial charge in [-0.05, 0) is 0 Å². The molecule has 0 atom stereocenters. The molecule has 1 aromatic heterocycles. The Morgan fingerprint density at radius 3 is 2.64 bits per heavy atom. The lowest BCUT2D eigenvalue weighted by atomic mass is 10.1. The molecule has 0 aliphatic carbocycles. The van der Waals surface area contributed by atoms with Gasteiger partial charge in [0.25, 0.3) is 0 Å². The number of nitrogens with zero attached hydrogens (tertiary/aromatic N) is 3. The van der Waals surface area contributed by atoms with Gasteiger partial charge in [0.05, 0.1) is 12.1 Å². The van der Waals surface area contributed by atoms with E-state index in [2.05, 4.69) is 10.4 Å². The largest absolute Gasteiger partial charge is 0.481 e. The highest BCUT2D eigenvalue weighted by molar-refractivity contribution is 5.93. The number of aromatic nitrogens is 2. The molecular formula is C15H18N4O3. The van der Waals surface area contributed by atoms with Crippen LogP contribution in [0.25, 0.3) is 11.3 Å². The summed E-state index contributed by atoms with van der Waals surface area (Å²) in [5.74, 6) is -0.939. The Morgan fingerprint density at radius 1 is 1.32 bits per heavy atom. The zero-order valence-corrected chi connectivity index (χ0v) is 12.5. The molecule has 0 saturated carbocycles. The lowest BCUT2D eigenvalue weighted by molar-refractivity contribution is -0.137. The average Bonchev–Trinajstić information content (AvgIpc) is 2.86. The van der Waals surface area contributed by atoms with Crippen LogP contribution in [0, 0.1) is 0 Å². The first-order chi connectivity index (χ1) is 10.5. The highest BCUT2D eigenvalue weighted by Crippen LogP contribution is 2.26. The number of aliphatic carboxylic acids is 1. The summed E-state index contributed by atoms with van der Waals surface area (Å²) in [6, 6.07) is 9.15. The number of hydrogen-bond donors (Lipinski definition) is 2. The highest BCUT2D eigenvalue weighted by atomic mass is 16.4. The zero-order chi connectivity index (χ0) is 16.1. The van der Waals surface area contributed by atoms with Crippen LogP contribution in [0.15, 0.2) is 36.5 Å². The molecule has 0 fully saturated rings. The second-order valence-electron chi connectivity index (χ2n) is 4.93. The fraction of sp³-hybridized carbons (Fsp3) is 0.267. The normalized spacial score (nSPS) is 10.3. The first-order valence-corrected chi connectivity index (χ1v) is 6.80. The van der Waals surface area contributed by atoms with Crippen molar-refractivity contribution in [3.63, 3.8) is 0 Å². The second kappa shape index (κ2) is 6.75. The van der Waals surface area contributed by atoms with Crippen molar-refractivity contribution in [1.82, 2.24) is 14.7 Å². The molecule has 0 saturated heterocycles. The molecule has 0 bridgehead atoms. The summed E-state index contributed by atoms with van der Waals surface area (Å²) in [5, 5.41) is 15.8. The fourth-order valence-corrected chi connectivity index (χ4v) is 1.96. The molecule has 0 aliphatic heterocycles. The van der Waals surface area contributed by atoms with E-state index >= 15 is 0 Å². The molecule has 0 spiro atoms. The third-order valence-corrected chi connectivity index (χ3v) is 3.13. The van der Waals surface area contributed by atoms with E-state index in [4.69, 9.17) is 5.11 Å². The van der Waals surface area contributed by atoms with Gasteiger partial charge in [0.1, 0.15) is 5.69 Å². The van der Waals surface area contributed by atoms with E-state index in [0.717, 1.165) is 5.56 Å². The molecule has 1 aromatic carbocycles. The lowest BCUT2D eigenvalue weighted by Gasteiger charge is -2.16. The van der Waals surface area contributed by atoms with Crippen molar-refractivity contribution in [1.29, 1.82) is 0 Å². The van der Waals surface area contributed by atoms with E-state index in [1.807, 2.05) is 30.3 Å². The van der Waals surface area contributed by atoms with Crippen molar-refractivity contribution >= 4 is 17.7 Å². The Morgan fingerprint density at radius 2 is 2.00 bits per heavy atom. The molecule has 2 aromatic rings. The van der Waals surface area contributed by atoms with E-state index in [0.29, 0.717) is 11.4 Å². The van der Waals surface area contributed by atoms with Crippen LogP contribution in [-0.4, -0.2) is 45.4 Å². The molecule has 7 nitrogen and oxygen atoms in total. The van der Waals surface area contributed by atoms with Crippen LogP contribution in [0.5, 0.6) is 0 Å². The van der Waals surface area contributed by atoms with Gasteiger partial charge in [0.2, 0.25) is 0 Å². The van der Waals surface area contributed by atoms with Crippen molar-refractivity contribution in [2.24, 2.45) is 7.05 Å². The summed E-state index contributed by atoms with van der Waals surface area (Å²) in [6.07, 6.45) is 1.62. The number of carboxylic acid groups (broad SMARTS) is 1. The first kappa shape index (κ1) is 15.6. The molecule has 0 unspecified atom stereocenters. The van der Waals surface area contributed by atoms with Gasteiger partial charge in [-0.25, -0.2) is 4.79 Å². The predicted molar refractivity (Wildman–Crippen MR) is 82.5 cm³/mol. The molecule has 2 rings (SSSR count). The molecule has 116 valence electrons. The molecular weight excluding hydrogens is 284 g/mol. The van der Waals surface area contributed by atoms with E-state index in [1.54, 1.807) is 25.0 Å². The number of rotatable bonds is 5. The SMILES string of the molecule is CN(CCC(=O)O)C(=O)Nc1cn(C)nc1-c1ccccc1. The Bertz CT molecular complexity index is 667. The number of aryl methyl sites for hydroxylation is 1. The number of carbonyl (C=O) groups is 2. The first-order valence-electron chi connectivity index (χ1n) is 6.80. The van der Waals surface area contributed by atoms with Gasteiger partial charge in [-0.1, -0.05) is 30.3 Å². The van der Waals surface area contributed by atoms with Gasteiger partial charge in [-0.2, -0.15) is 5.10 Å². The summed E-state index contributed by atoms with van der Waals surface area (Å²) in [7, 11) is 3.33. The third kappa shape index (κ3) is 3.85. The van der Waals surface area contributed by atoms with E-state index in [9.17, 15) is 9.59 Å². The minimum atomic E-state index is -0.939. The summed E-state index contributed by atoms with van der Waals surface area (Å²) < 4.78 is 1.62. The number of hydrogen-bond acceptors (Lipinski definition) is 3. The molecule has 22 heavy (non-hydrogen) atoms. The van der Waals surface area contributed by atoms with Gasteiger partial charge in [0, 0.05) is 32.4 Å². The summed E-state index contributed by atoms with van der Waals surface area (Å²) >= 11 is 0. The minimum absolute atomic E-state index is 0.0947. The smallest absolute Gasteiger partial charge is 0.321 e. The molecule has 2 amide bonds. The Balaban J connectivity index is 2.13. The van der Waals surface area contributed by atoms with Gasteiger partial charge in [-0.15, -0.1) is 0 Å². The van der Waals surface area contributed by atoms with Crippen LogP contribution in [-0.2, 0) is 11.8 Å². The lowest BCUT2D eigenvalue weighted by Crippen LogP contribution is -2.33. The van der Waals surface area contributed by atoms with Crippen LogP contribution in [0.4, 0.5) is 10.5 Å². The standard InChI is InChI=1S/C15H18N4O3/c1-18(9-8-13(20)21)15(22)16-12-10-19(2)17-14(12)11-6-4-3-5-7-11/h3-7,10H,8-9H2,1-2H3,(H,16,22)(H,20,21). The third-order valence-electron chi connectivity index (χ3n) is 3.13. The highest BCUT2D eigenvalue weighted by Gasteiger charge is 2.15. The number of nitrogens with one attached hydrogen (secondary N) is 1. The Hall–Kier alpha value is -2.83. The van der Waals surface area contributed by atoms with Crippen molar-refractivity contribution < 1.29 is 14.7 Å². The molecule has 1 heterocycles. The number of benzene rings is 1. The molecule has 2 N–H and O–H groups in total. The summed E-state index contributed by atoms with van der Waals surface area (Å²) in [4.78, 5) is 24.0. The van der Waals surface area contributed by atoms with Crippen LogP contribution in [0.1, 0.15) is 6.42 Å². The topological polar surface area (TPSA) is 87.5 Å². The number of urea groups is 1. The van der Waals surface area contributed by atoms with Crippen molar-refractivity contribution in [3.8, 4) is 11.3 Å². The Labute approximate surface area is 128 Å². The van der Waals surface area contributed by atoms with Crippen molar-refractivity contribution in [2.45, 2.75) is 6.42 Å². The number of anilines is 1. The van der Waals surface area contributed by atoms with E-state index in [1.165, 1.54) is 4.90 Å². The summed E-state index contributed by atoms with van der Waals surface area (Å²) in [5.41, 5.74) is 2.15. The van der Waals surface area contributed by atoms with Gasteiger partial charge >= 0.3 is 12.0 Å². The minimum Gasteiger partial charge on any atom is -0.481 e. The maximum absolute atomic E-state index is 12.1. The maximum Gasteiger partial charge on any atom is 0.321 e. The number of carboxylic acids is 1. The fourth-order valence-electron chi connectivity index (χ4n) is 1.96. The van der Waals surface area contributed by atoms with E-state index < -0.39 is 5.97 Å². The average molecular weight is 302 g/mol. The van der Waals surface area contributed by atoms with Gasteiger partial charge in [-0.3, -0.25) is 9.48 Å². The van der Waals surface area contributed by atoms with Gasteiger partial charge in [0.15, 0.2) is 0 Å². The second-order valence-corrected chi connectivity index (χ2v) is 4.93. The predicted octanol–water partition coefficient (Wildman–Crippen LogP) is 2.03. The zero-order valence-electron chi connectivity index (χ0n) is 12.5. The maximum atomic E-state index is 12.1. The van der Waals surface area contributed by atoms with E-state index in [-0.39, 0.29) is 19.0 Å². The van der Waals surface area contributed by atoms with Crippen LogP contribution in [0.3, 0.4) is 0 Å². The van der Waals surface area contributed by atoms with Gasteiger partial charge < -0.3 is 15.3 Å². The van der Waals surface area contributed by atoms with Crippen molar-refractivity contribution in [3.05, 3.63) is 36.5 Å². The quantitative estimate of drug-likeness (QED) is 0.884. The summed E-state index contributed by atoms with van der Waals surface area (Å²) in [6.45, 7) is 0.141. The van der Waals surface area contributed by atoms with Crippen LogP contribution >= 0.6 is 0 Å².